The summed E-state index contributed by atoms with van der Waals surface area (Å²) in [6, 6.07) is 5.96. The van der Waals surface area contributed by atoms with Crippen molar-refractivity contribution < 1.29 is 4.74 Å². The number of hydrogen-bond acceptors (Lipinski definition) is 4. The molecule has 0 saturated carbocycles. The summed E-state index contributed by atoms with van der Waals surface area (Å²) in [6.07, 6.45) is 7.98. The van der Waals surface area contributed by atoms with Crippen LogP contribution < -0.4 is 15.0 Å². The molecule has 1 aromatic rings. The van der Waals surface area contributed by atoms with Crippen molar-refractivity contribution in [3.05, 3.63) is 18.3 Å². The van der Waals surface area contributed by atoms with Crippen LogP contribution in [0.2, 0.25) is 0 Å². The van der Waals surface area contributed by atoms with Gasteiger partial charge in [0, 0.05) is 31.4 Å². The molecule has 0 amide bonds. The first-order valence-corrected chi connectivity index (χ1v) is 7.84. The summed E-state index contributed by atoms with van der Waals surface area (Å²) in [7, 11) is 2.16. The molecule has 0 spiro atoms. The first kappa shape index (κ1) is 13.7. The number of hydrogen-bond donors (Lipinski definition) is 1. The molecule has 4 nitrogen and oxygen atoms in total. The van der Waals surface area contributed by atoms with E-state index < -0.39 is 0 Å². The number of rotatable bonds is 5. The van der Waals surface area contributed by atoms with Crippen LogP contribution in [0.4, 0.5) is 5.82 Å². The fourth-order valence-electron chi connectivity index (χ4n) is 3.49. The molecule has 2 unspecified atom stereocenters. The van der Waals surface area contributed by atoms with Crippen LogP contribution >= 0.6 is 0 Å². The maximum absolute atomic E-state index is 5.85. The first-order chi connectivity index (χ1) is 9.78. The number of fused-ring (bicyclic) bond motifs is 2. The normalized spacial score (nSPS) is 28.4. The zero-order valence-corrected chi connectivity index (χ0v) is 12.5. The zero-order valence-electron chi connectivity index (χ0n) is 12.5. The van der Waals surface area contributed by atoms with Gasteiger partial charge in [-0.15, -0.1) is 0 Å². The lowest BCUT2D eigenvalue weighted by molar-refractivity contribution is 0.312. The van der Waals surface area contributed by atoms with Gasteiger partial charge in [-0.05, 0) is 44.2 Å². The molecular weight excluding hydrogens is 250 g/mol. The van der Waals surface area contributed by atoms with E-state index in [0.29, 0.717) is 18.1 Å². The van der Waals surface area contributed by atoms with Crippen molar-refractivity contribution in [1.82, 2.24) is 10.3 Å². The molecule has 110 valence electrons. The van der Waals surface area contributed by atoms with Crippen LogP contribution in [0.3, 0.4) is 0 Å². The molecule has 0 aromatic carbocycles. The van der Waals surface area contributed by atoms with Gasteiger partial charge in [0.05, 0.1) is 6.61 Å². The maximum Gasteiger partial charge on any atom is 0.171 e. The molecule has 2 bridgehead atoms. The third kappa shape index (κ3) is 2.75. The van der Waals surface area contributed by atoms with Crippen LogP contribution in [0, 0.1) is 0 Å². The van der Waals surface area contributed by atoms with Gasteiger partial charge in [-0.2, -0.15) is 0 Å². The highest BCUT2D eigenvalue weighted by molar-refractivity contribution is 5.52. The maximum atomic E-state index is 5.85. The molecule has 2 aliphatic rings. The van der Waals surface area contributed by atoms with Crippen LogP contribution in [-0.2, 0) is 0 Å². The summed E-state index contributed by atoms with van der Waals surface area (Å²) in [6.45, 7) is 2.88. The summed E-state index contributed by atoms with van der Waals surface area (Å²) < 4.78 is 5.85. The van der Waals surface area contributed by atoms with Crippen LogP contribution in [-0.4, -0.2) is 36.8 Å². The Morgan fingerprint density at radius 2 is 2.10 bits per heavy atom. The van der Waals surface area contributed by atoms with E-state index >= 15 is 0 Å². The lowest BCUT2D eigenvalue weighted by Gasteiger charge is -2.36. The topological polar surface area (TPSA) is 37.4 Å². The largest absolute Gasteiger partial charge is 0.490 e. The number of nitrogens with one attached hydrogen (secondary N) is 1. The van der Waals surface area contributed by atoms with Crippen molar-refractivity contribution in [1.29, 1.82) is 0 Å². The van der Waals surface area contributed by atoms with Crippen molar-refractivity contribution in [2.75, 3.05) is 18.6 Å². The Balaban J connectivity index is 1.74. The highest BCUT2D eigenvalue weighted by Crippen LogP contribution is 2.33. The third-order valence-electron chi connectivity index (χ3n) is 4.54. The van der Waals surface area contributed by atoms with E-state index in [1.165, 1.54) is 25.7 Å². The molecule has 4 heteroatoms. The smallest absolute Gasteiger partial charge is 0.171 e. The van der Waals surface area contributed by atoms with E-state index in [9.17, 15) is 0 Å². The second-order valence-electron chi connectivity index (χ2n) is 6.05. The molecule has 2 aliphatic heterocycles. The monoisotopic (exact) mass is 275 g/mol. The van der Waals surface area contributed by atoms with E-state index in [1.54, 1.807) is 0 Å². The Hall–Kier alpha value is -1.29. The quantitative estimate of drug-likeness (QED) is 0.896. The standard InChI is InChI=1S/C16H25N3O/c1-3-9-20-15-5-4-8-17-16(15)19(2)14-10-12-6-7-13(11-14)18-12/h4-5,8,12-14,18H,3,6-7,9-11H2,1-2H3. The summed E-state index contributed by atoms with van der Waals surface area (Å²) in [5.74, 6) is 1.91. The van der Waals surface area contributed by atoms with E-state index in [0.717, 1.165) is 24.6 Å². The van der Waals surface area contributed by atoms with Crippen molar-refractivity contribution >= 4 is 5.82 Å². The molecule has 0 radical (unpaired) electrons. The molecule has 3 heterocycles. The third-order valence-corrected chi connectivity index (χ3v) is 4.54. The predicted octanol–water partition coefficient (Wildman–Crippen LogP) is 2.59. The molecule has 20 heavy (non-hydrogen) atoms. The number of nitrogens with zero attached hydrogens (tertiary/aromatic N) is 2. The molecule has 1 N–H and O–H groups in total. The summed E-state index contributed by atoms with van der Waals surface area (Å²) in [4.78, 5) is 6.89. The minimum absolute atomic E-state index is 0.577. The molecule has 2 fully saturated rings. The molecule has 2 saturated heterocycles. The second kappa shape index (κ2) is 6.00. The van der Waals surface area contributed by atoms with E-state index in [-0.39, 0.29) is 0 Å². The van der Waals surface area contributed by atoms with Gasteiger partial charge in [-0.1, -0.05) is 6.92 Å². The van der Waals surface area contributed by atoms with Gasteiger partial charge in [-0.3, -0.25) is 0 Å². The fraction of sp³-hybridized carbons (Fsp3) is 0.688. The van der Waals surface area contributed by atoms with Crippen LogP contribution in [0.5, 0.6) is 5.75 Å². The Morgan fingerprint density at radius 3 is 2.80 bits per heavy atom. The van der Waals surface area contributed by atoms with Crippen molar-refractivity contribution in [3.63, 3.8) is 0 Å². The van der Waals surface area contributed by atoms with Gasteiger partial charge in [0.1, 0.15) is 0 Å². The van der Waals surface area contributed by atoms with Crippen LogP contribution in [0.25, 0.3) is 0 Å². The lowest BCUT2D eigenvalue weighted by atomic mass is 9.98. The summed E-state index contributed by atoms with van der Waals surface area (Å²) in [5.41, 5.74) is 0. The van der Waals surface area contributed by atoms with Gasteiger partial charge >= 0.3 is 0 Å². The first-order valence-electron chi connectivity index (χ1n) is 7.84. The Labute approximate surface area is 121 Å². The van der Waals surface area contributed by atoms with Crippen LogP contribution in [0.15, 0.2) is 18.3 Å². The van der Waals surface area contributed by atoms with Crippen molar-refractivity contribution in [3.8, 4) is 5.75 Å². The Bertz CT molecular complexity index is 439. The van der Waals surface area contributed by atoms with Crippen molar-refractivity contribution in [2.24, 2.45) is 0 Å². The van der Waals surface area contributed by atoms with E-state index in [2.05, 4.69) is 29.2 Å². The molecule has 0 aliphatic carbocycles. The zero-order chi connectivity index (χ0) is 13.9. The van der Waals surface area contributed by atoms with E-state index in [4.69, 9.17) is 4.74 Å². The minimum Gasteiger partial charge on any atom is -0.490 e. The molecular formula is C16H25N3O. The lowest BCUT2D eigenvalue weighted by Crippen LogP contribution is -2.47. The number of anilines is 1. The number of pyridine rings is 1. The van der Waals surface area contributed by atoms with Gasteiger partial charge in [0.25, 0.3) is 0 Å². The van der Waals surface area contributed by atoms with Gasteiger partial charge in [0.2, 0.25) is 0 Å². The number of ether oxygens (including phenoxy) is 1. The minimum atomic E-state index is 0.577. The Morgan fingerprint density at radius 1 is 1.35 bits per heavy atom. The summed E-state index contributed by atoms with van der Waals surface area (Å²) >= 11 is 0. The van der Waals surface area contributed by atoms with Crippen LogP contribution in [0.1, 0.15) is 39.0 Å². The number of aromatic nitrogens is 1. The highest BCUT2D eigenvalue weighted by atomic mass is 16.5. The Kier molecular flexibility index (Phi) is 4.10. The number of piperidine rings is 1. The molecule has 1 aromatic heterocycles. The molecule has 2 atom stereocenters. The van der Waals surface area contributed by atoms with Gasteiger partial charge in [0.15, 0.2) is 11.6 Å². The van der Waals surface area contributed by atoms with Gasteiger partial charge in [-0.25, -0.2) is 4.98 Å². The average Bonchev–Trinajstić information content (AvgIpc) is 2.83. The SMILES string of the molecule is CCCOc1cccnc1N(C)C1CC2CCC(C1)N2. The molecule has 3 rings (SSSR count). The summed E-state index contributed by atoms with van der Waals surface area (Å²) in [5, 5.41) is 3.70. The second-order valence-corrected chi connectivity index (χ2v) is 6.05. The average molecular weight is 275 g/mol. The van der Waals surface area contributed by atoms with E-state index in [1.807, 2.05) is 18.3 Å². The highest BCUT2D eigenvalue weighted by Gasteiger charge is 2.35. The predicted molar refractivity (Wildman–Crippen MR) is 81.4 cm³/mol. The fourth-order valence-corrected chi connectivity index (χ4v) is 3.49. The van der Waals surface area contributed by atoms with Crippen molar-refractivity contribution in [2.45, 2.75) is 57.2 Å². The van der Waals surface area contributed by atoms with Gasteiger partial charge < -0.3 is 15.0 Å².